The summed E-state index contributed by atoms with van der Waals surface area (Å²) in [7, 11) is 0. The molecule has 2 N–H and O–H groups in total. The van der Waals surface area contributed by atoms with Crippen LogP contribution in [-0.4, -0.2) is 33.9 Å². The van der Waals surface area contributed by atoms with E-state index in [4.69, 9.17) is 0 Å². The molecule has 0 aliphatic carbocycles. The van der Waals surface area contributed by atoms with Gasteiger partial charge in [-0.3, -0.25) is 4.68 Å². The SMILES string of the molecule is CCN(CC)c1ccc(CNc2cn(CC)nc2C(=O)O)cc1. The van der Waals surface area contributed by atoms with Crippen molar-refractivity contribution in [2.75, 3.05) is 23.3 Å². The molecule has 0 aliphatic rings. The summed E-state index contributed by atoms with van der Waals surface area (Å²) in [5.74, 6) is -1.02. The number of nitrogens with one attached hydrogen (secondary N) is 1. The average Bonchev–Trinajstić information content (AvgIpc) is 2.99. The molecular formula is C17H24N4O2. The molecule has 0 atom stereocenters. The number of nitrogens with zero attached hydrogens (tertiary/aromatic N) is 3. The van der Waals surface area contributed by atoms with Crippen molar-refractivity contribution in [2.24, 2.45) is 0 Å². The third-order valence-corrected chi connectivity index (χ3v) is 3.84. The van der Waals surface area contributed by atoms with Gasteiger partial charge in [-0.05, 0) is 38.5 Å². The van der Waals surface area contributed by atoms with E-state index >= 15 is 0 Å². The lowest BCUT2D eigenvalue weighted by atomic mass is 10.2. The maximum atomic E-state index is 11.2. The highest BCUT2D eigenvalue weighted by atomic mass is 16.4. The first-order valence-corrected chi connectivity index (χ1v) is 7.97. The Balaban J connectivity index is 2.06. The normalized spacial score (nSPS) is 10.6. The van der Waals surface area contributed by atoms with Crippen LogP contribution in [0.15, 0.2) is 30.5 Å². The Morgan fingerprint density at radius 1 is 1.22 bits per heavy atom. The first-order chi connectivity index (χ1) is 11.1. The molecule has 6 nitrogen and oxygen atoms in total. The van der Waals surface area contributed by atoms with E-state index in [2.05, 4.69) is 53.4 Å². The quantitative estimate of drug-likeness (QED) is 0.783. The number of aromatic nitrogens is 2. The van der Waals surface area contributed by atoms with E-state index in [-0.39, 0.29) is 5.69 Å². The standard InChI is InChI=1S/C17H24N4O2/c1-4-20(5-2)14-9-7-13(8-10-14)11-18-15-12-21(6-3)19-16(15)17(22)23/h7-10,12,18H,4-6,11H2,1-3H3,(H,22,23). The third kappa shape index (κ3) is 4.03. The fraction of sp³-hybridized carbons (Fsp3) is 0.412. The van der Waals surface area contributed by atoms with Crippen LogP contribution in [0.1, 0.15) is 36.8 Å². The molecule has 0 amide bonds. The van der Waals surface area contributed by atoms with Gasteiger partial charge in [0.2, 0.25) is 0 Å². The van der Waals surface area contributed by atoms with Crippen LogP contribution < -0.4 is 10.2 Å². The zero-order valence-corrected chi connectivity index (χ0v) is 13.9. The Bertz CT molecular complexity index is 645. The van der Waals surface area contributed by atoms with Crippen LogP contribution in [0.25, 0.3) is 0 Å². The number of carboxylic acids is 1. The van der Waals surface area contributed by atoms with Gasteiger partial charge in [-0.25, -0.2) is 4.79 Å². The van der Waals surface area contributed by atoms with Gasteiger partial charge in [0.25, 0.3) is 0 Å². The molecular weight excluding hydrogens is 292 g/mol. The summed E-state index contributed by atoms with van der Waals surface area (Å²) in [6, 6.07) is 8.31. The topological polar surface area (TPSA) is 70.4 Å². The molecule has 23 heavy (non-hydrogen) atoms. The van der Waals surface area contributed by atoms with Gasteiger partial charge in [-0.2, -0.15) is 5.10 Å². The van der Waals surface area contributed by atoms with Crippen molar-refractivity contribution in [1.29, 1.82) is 0 Å². The van der Waals surface area contributed by atoms with Crippen LogP contribution in [0.5, 0.6) is 0 Å². The fourth-order valence-corrected chi connectivity index (χ4v) is 2.48. The van der Waals surface area contributed by atoms with E-state index in [0.29, 0.717) is 18.8 Å². The molecule has 1 heterocycles. The third-order valence-electron chi connectivity index (χ3n) is 3.84. The molecule has 0 unspecified atom stereocenters. The number of hydrogen-bond acceptors (Lipinski definition) is 4. The molecule has 0 saturated carbocycles. The van der Waals surface area contributed by atoms with E-state index in [9.17, 15) is 9.90 Å². The van der Waals surface area contributed by atoms with Crippen LogP contribution in [0, 0.1) is 0 Å². The summed E-state index contributed by atoms with van der Waals surface area (Å²) in [6.45, 7) is 9.36. The second kappa shape index (κ2) is 7.67. The minimum absolute atomic E-state index is 0.0617. The zero-order valence-electron chi connectivity index (χ0n) is 13.9. The summed E-state index contributed by atoms with van der Waals surface area (Å²) in [6.07, 6.45) is 1.73. The van der Waals surface area contributed by atoms with Gasteiger partial charge in [0.05, 0.1) is 5.69 Å². The molecule has 0 fully saturated rings. The Hall–Kier alpha value is -2.50. The Morgan fingerprint density at radius 3 is 2.39 bits per heavy atom. The van der Waals surface area contributed by atoms with Gasteiger partial charge in [-0.15, -0.1) is 0 Å². The van der Waals surface area contributed by atoms with Crippen LogP contribution in [0.4, 0.5) is 11.4 Å². The Labute approximate surface area is 136 Å². The fourth-order valence-electron chi connectivity index (χ4n) is 2.48. The van der Waals surface area contributed by atoms with Gasteiger partial charge in [0.1, 0.15) is 0 Å². The molecule has 2 aromatic rings. The van der Waals surface area contributed by atoms with Crippen molar-refractivity contribution in [1.82, 2.24) is 9.78 Å². The molecule has 0 spiro atoms. The molecule has 1 aromatic carbocycles. The maximum absolute atomic E-state index is 11.2. The number of benzene rings is 1. The Kier molecular flexibility index (Phi) is 5.62. The van der Waals surface area contributed by atoms with Gasteiger partial charge in [0.15, 0.2) is 5.69 Å². The first-order valence-electron chi connectivity index (χ1n) is 7.97. The van der Waals surface area contributed by atoms with E-state index in [1.807, 2.05) is 6.92 Å². The predicted molar refractivity (Wildman–Crippen MR) is 92.2 cm³/mol. The average molecular weight is 316 g/mol. The van der Waals surface area contributed by atoms with Crippen molar-refractivity contribution in [3.63, 3.8) is 0 Å². The summed E-state index contributed by atoms with van der Waals surface area (Å²) in [5.41, 5.74) is 2.91. The van der Waals surface area contributed by atoms with Crippen LogP contribution in [-0.2, 0) is 13.1 Å². The summed E-state index contributed by atoms with van der Waals surface area (Å²) in [5, 5.41) is 16.4. The smallest absolute Gasteiger partial charge is 0.358 e. The second-order valence-corrected chi connectivity index (χ2v) is 5.24. The van der Waals surface area contributed by atoms with Crippen LogP contribution in [0.3, 0.4) is 0 Å². The van der Waals surface area contributed by atoms with E-state index in [0.717, 1.165) is 18.7 Å². The van der Waals surface area contributed by atoms with Gasteiger partial charge in [-0.1, -0.05) is 12.1 Å². The molecule has 0 saturated heterocycles. The molecule has 124 valence electrons. The lowest BCUT2D eigenvalue weighted by molar-refractivity contribution is 0.0690. The van der Waals surface area contributed by atoms with E-state index in [1.165, 1.54) is 5.69 Å². The van der Waals surface area contributed by atoms with Crippen molar-refractivity contribution in [3.05, 3.63) is 41.7 Å². The first kappa shape index (κ1) is 16.9. The summed E-state index contributed by atoms with van der Waals surface area (Å²) >= 11 is 0. The van der Waals surface area contributed by atoms with Crippen molar-refractivity contribution in [2.45, 2.75) is 33.9 Å². The largest absolute Gasteiger partial charge is 0.476 e. The minimum Gasteiger partial charge on any atom is -0.476 e. The van der Waals surface area contributed by atoms with Crippen molar-refractivity contribution < 1.29 is 9.90 Å². The lowest BCUT2D eigenvalue weighted by Crippen LogP contribution is -2.21. The monoisotopic (exact) mass is 316 g/mol. The van der Waals surface area contributed by atoms with Crippen LogP contribution >= 0.6 is 0 Å². The number of carbonyl (C=O) groups is 1. The van der Waals surface area contributed by atoms with E-state index < -0.39 is 5.97 Å². The molecule has 6 heteroatoms. The molecule has 0 aliphatic heterocycles. The molecule has 0 bridgehead atoms. The number of anilines is 2. The highest BCUT2D eigenvalue weighted by Gasteiger charge is 2.15. The molecule has 1 aromatic heterocycles. The van der Waals surface area contributed by atoms with Gasteiger partial charge < -0.3 is 15.3 Å². The minimum atomic E-state index is -1.02. The molecule has 0 radical (unpaired) electrons. The predicted octanol–water partition coefficient (Wildman–Crippen LogP) is 3.06. The van der Waals surface area contributed by atoms with Crippen molar-refractivity contribution in [3.8, 4) is 0 Å². The second-order valence-electron chi connectivity index (χ2n) is 5.24. The number of carboxylic acid groups (broad SMARTS) is 1. The highest BCUT2D eigenvalue weighted by molar-refractivity contribution is 5.91. The van der Waals surface area contributed by atoms with Gasteiger partial charge >= 0.3 is 5.97 Å². The zero-order chi connectivity index (χ0) is 16.8. The Morgan fingerprint density at radius 2 is 1.87 bits per heavy atom. The number of rotatable bonds is 8. The van der Waals surface area contributed by atoms with E-state index in [1.54, 1.807) is 10.9 Å². The summed E-state index contributed by atoms with van der Waals surface area (Å²) in [4.78, 5) is 13.5. The van der Waals surface area contributed by atoms with Crippen LogP contribution in [0.2, 0.25) is 0 Å². The maximum Gasteiger partial charge on any atom is 0.358 e. The number of aromatic carboxylic acids is 1. The summed E-state index contributed by atoms with van der Waals surface area (Å²) < 4.78 is 1.62. The highest BCUT2D eigenvalue weighted by Crippen LogP contribution is 2.18. The lowest BCUT2D eigenvalue weighted by Gasteiger charge is -2.21. The number of hydrogen-bond donors (Lipinski definition) is 2. The van der Waals surface area contributed by atoms with Gasteiger partial charge in [0, 0.05) is 38.1 Å². The molecule has 2 rings (SSSR count). The van der Waals surface area contributed by atoms with Crippen molar-refractivity contribution >= 4 is 17.3 Å². The number of aryl methyl sites for hydroxylation is 1.